The van der Waals surface area contributed by atoms with Gasteiger partial charge in [-0.05, 0) is 6.92 Å². The van der Waals surface area contributed by atoms with Crippen LogP contribution in [-0.2, 0) is 13.2 Å². The summed E-state index contributed by atoms with van der Waals surface area (Å²) >= 11 is 3.22. The van der Waals surface area contributed by atoms with Gasteiger partial charge >= 0.3 is 0 Å². The molecule has 0 radical (unpaired) electrons. The molecule has 0 saturated carbocycles. The van der Waals surface area contributed by atoms with Crippen LogP contribution in [0.15, 0.2) is 17.1 Å². The monoisotopic (exact) mass is 294 g/mol. The summed E-state index contributed by atoms with van der Waals surface area (Å²) in [5.74, 6) is 0.835. The van der Waals surface area contributed by atoms with Crippen LogP contribution < -0.4 is 4.90 Å². The Morgan fingerprint density at radius 3 is 2.95 bits per heavy atom. The molecule has 19 heavy (non-hydrogen) atoms. The molecule has 0 unspecified atom stereocenters. The van der Waals surface area contributed by atoms with Crippen LogP contribution in [0.5, 0.6) is 0 Å². The SMILES string of the molecule is Cc1ncsc1CN(C)c1nc2sccn2c1CO. The fraction of sp³-hybridized carbons (Fsp3) is 0.333. The summed E-state index contributed by atoms with van der Waals surface area (Å²) in [6.07, 6.45) is 1.94. The standard InChI is InChI=1S/C12H14N4OS2/c1-8-10(19-7-13-8)5-15(2)11-9(6-17)16-3-4-18-12(16)14-11/h3-4,7,17H,5-6H2,1-2H3. The molecule has 0 amide bonds. The molecule has 5 nitrogen and oxygen atoms in total. The van der Waals surface area contributed by atoms with Crippen molar-refractivity contribution >= 4 is 33.5 Å². The van der Waals surface area contributed by atoms with Gasteiger partial charge in [-0.15, -0.1) is 22.7 Å². The summed E-state index contributed by atoms with van der Waals surface area (Å²) in [6, 6.07) is 0. The van der Waals surface area contributed by atoms with Crippen LogP contribution in [0.1, 0.15) is 16.3 Å². The Morgan fingerprint density at radius 2 is 2.26 bits per heavy atom. The zero-order valence-electron chi connectivity index (χ0n) is 10.7. The molecular formula is C12H14N4OS2. The lowest BCUT2D eigenvalue weighted by Gasteiger charge is -2.17. The van der Waals surface area contributed by atoms with E-state index in [1.807, 2.05) is 35.5 Å². The third-order valence-electron chi connectivity index (χ3n) is 3.08. The minimum Gasteiger partial charge on any atom is -0.390 e. The Morgan fingerprint density at radius 1 is 1.42 bits per heavy atom. The van der Waals surface area contributed by atoms with Gasteiger partial charge < -0.3 is 10.0 Å². The molecule has 3 heterocycles. The van der Waals surface area contributed by atoms with Gasteiger partial charge in [0.05, 0.1) is 30.1 Å². The molecular weight excluding hydrogens is 280 g/mol. The number of aliphatic hydroxyl groups excluding tert-OH is 1. The van der Waals surface area contributed by atoms with E-state index in [4.69, 9.17) is 0 Å². The van der Waals surface area contributed by atoms with E-state index in [1.54, 1.807) is 22.7 Å². The fourth-order valence-corrected chi connectivity index (χ4v) is 3.60. The van der Waals surface area contributed by atoms with E-state index in [2.05, 4.69) is 14.9 Å². The second-order valence-corrected chi connectivity index (χ2v) is 6.13. The number of thiazole rings is 2. The van der Waals surface area contributed by atoms with Crippen LogP contribution in [0.3, 0.4) is 0 Å². The lowest BCUT2D eigenvalue weighted by atomic mass is 10.3. The van der Waals surface area contributed by atoms with Crippen molar-refractivity contribution in [3.05, 3.63) is 33.4 Å². The van der Waals surface area contributed by atoms with Crippen molar-refractivity contribution < 1.29 is 5.11 Å². The Hall–Kier alpha value is -1.44. The molecule has 0 bridgehead atoms. The molecule has 1 N–H and O–H groups in total. The van der Waals surface area contributed by atoms with E-state index in [0.717, 1.165) is 28.7 Å². The summed E-state index contributed by atoms with van der Waals surface area (Å²) < 4.78 is 1.94. The molecule has 0 fully saturated rings. The van der Waals surface area contributed by atoms with Crippen LogP contribution in [0.2, 0.25) is 0 Å². The van der Waals surface area contributed by atoms with E-state index in [1.165, 1.54) is 4.88 Å². The van der Waals surface area contributed by atoms with Gasteiger partial charge in [0.2, 0.25) is 0 Å². The number of fused-ring (bicyclic) bond motifs is 1. The molecule has 0 aliphatic rings. The zero-order valence-corrected chi connectivity index (χ0v) is 12.3. The van der Waals surface area contributed by atoms with E-state index in [0.29, 0.717) is 0 Å². The van der Waals surface area contributed by atoms with Crippen LogP contribution in [0, 0.1) is 6.92 Å². The number of nitrogens with zero attached hydrogens (tertiary/aromatic N) is 4. The van der Waals surface area contributed by atoms with E-state index in [9.17, 15) is 5.11 Å². The van der Waals surface area contributed by atoms with Crippen molar-refractivity contribution in [1.29, 1.82) is 0 Å². The van der Waals surface area contributed by atoms with Crippen LogP contribution in [0.4, 0.5) is 5.82 Å². The summed E-state index contributed by atoms with van der Waals surface area (Å²) in [4.78, 5) is 13.0. The van der Waals surface area contributed by atoms with Gasteiger partial charge in [0.15, 0.2) is 10.8 Å². The predicted octanol–water partition coefficient (Wildman–Crippen LogP) is 2.29. The maximum absolute atomic E-state index is 9.56. The van der Waals surface area contributed by atoms with Crippen LogP contribution >= 0.6 is 22.7 Å². The second-order valence-electron chi connectivity index (χ2n) is 4.31. The number of imidazole rings is 1. The summed E-state index contributed by atoms with van der Waals surface area (Å²) in [5, 5.41) is 11.5. The molecule has 100 valence electrons. The summed E-state index contributed by atoms with van der Waals surface area (Å²) in [7, 11) is 1.99. The molecule has 0 aliphatic heterocycles. The lowest BCUT2D eigenvalue weighted by Crippen LogP contribution is -2.18. The fourth-order valence-electron chi connectivity index (χ4n) is 2.04. The Labute approximate surface area is 118 Å². The maximum atomic E-state index is 9.56. The minimum absolute atomic E-state index is 0.0146. The Balaban J connectivity index is 1.94. The van der Waals surface area contributed by atoms with Gasteiger partial charge in [-0.1, -0.05) is 0 Å². The van der Waals surface area contributed by atoms with Crippen LogP contribution in [0.25, 0.3) is 4.96 Å². The molecule has 0 aliphatic carbocycles. The first kappa shape index (κ1) is 12.6. The number of aliphatic hydroxyl groups is 1. The number of aromatic nitrogens is 3. The van der Waals surface area contributed by atoms with Crippen molar-refractivity contribution in [2.45, 2.75) is 20.1 Å². The van der Waals surface area contributed by atoms with Gasteiger partial charge in [-0.25, -0.2) is 9.97 Å². The first-order chi connectivity index (χ1) is 9.20. The van der Waals surface area contributed by atoms with Gasteiger partial charge in [-0.2, -0.15) is 0 Å². The molecule has 7 heteroatoms. The number of anilines is 1. The predicted molar refractivity (Wildman–Crippen MR) is 77.9 cm³/mol. The highest BCUT2D eigenvalue weighted by Gasteiger charge is 2.17. The maximum Gasteiger partial charge on any atom is 0.195 e. The molecule has 3 rings (SSSR count). The van der Waals surface area contributed by atoms with Gasteiger partial charge in [0.25, 0.3) is 0 Å². The van der Waals surface area contributed by atoms with Crippen molar-refractivity contribution in [1.82, 2.24) is 14.4 Å². The van der Waals surface area contributed by atoms with Gasteiger partial charge in [0, 0.05) is 23.5 Å². The average Bonchev–Trinajstić information content (AvgIpc) is 3.05. The molecule has 3 aromatic heterocycles. The smallest absolute Gasteiger partial charge is 0.195 e. The van der Waals surface area contributed by atoms with Crippen LogP contribution in [-0.4, -0.2) is 26.5 Å². The van der Waals surface area contributed by atoms with Crippen molar-refractivity contribution in [2.75, 3.05) is 11.9 Å². The lowest BCUT2D eigenvalue weighted by molar-refractivity contribution is 0.276. The second kappa shape index (κ2) is 4.92. The minimum atomic E-state index is -0.0146. The largest absolute Gasteiger partial charge is 0.390 e. The quantitative estimate of drug-likeness (QED) is 0.802. The highest BCUT2D eigenvalue weighted by atomic mass is 32.1. The highest BCUT2D eigenvalue weighted by Crippen LogP contribution is 2.26. The number of hydrogen-bond acceptors (Lipinski definition) is 6. The highest BCUT2D eigenvalue weighted by molar-refractivity contribution is 7.15. The third kappa shape index (κ3) is 2.13. The van der Waals surface area contributed by atoms with E-state index < -0.39 is 0 Å². The summed E-state index contributed by atoms with van der Waals surface area (Å²) in [5.41, 5.74) is 3.75. The Kier molecular flexibility index (Phi) is 3.26. The molecule has 3 aromatic rings. The normalized spacial score (nSPS) is 11.3. The average molecular weight is 294 g/mol. The molecule has 0 aromatic carbocycles. The first-order valence-corrected chi connectivity index (χ1v) is 7.62. The van der Waals surface area contributed by atoms with Gasteiger partial charge in [-0.3, -0.25) is 4.40 Å². The third-order valence-corrected chi connectivity index (χ3v) is 4.75. The first-order valence-electron chi connectivity index (χ1n) is 5.86. The van der Waals surface area contributed by atoms with Crippen molar-refractivity contribution in [2.24, 2.45) is 0 Å². The van der Waals surface area contributed by atoms with Crippen molar-refractivity contribution in [3.63, 3.8) is 0 Å². The number of hydrogen-bond donors (Lipinski definition) is 1. The molecule has 0 atom stereocenters. The van der Waals surface area contributed by atoms with Gasteiger partial charge in [0.1, 0.15) is 0 Å². The topological polar surface area (TPSA) is 53.7 Å². The summed E-state index contributed by atoms with van der Waals surface area (Å²) in [6.45, 7) is 2.76. The number of aryl methyl sites for hydroxylation is 1. The zero-order chi connectivity index (χ0) is 13.4. The molecule has 0 spiro atoms. The van der Waals surface area contributed by atoms with E-state index in [-0.39, 0.29) is 6.61 Å². The van der Waals surface area contributed by atoms with E-state index >= 15 is 0 Å². The molecule has 0 saturated heterocycles. The van der Waals surface area contributed by atoms with Crippen molar-refractivity contribution in [3.8, 4) is 0 Å². The number of rotatable bonds is 4. The Bertz CT molecular complexity index is 700.